The molecule has 0 amide bonds. The molecule has 0 fully saturated rings. The number of aliphatic hydroxyl groups is 3. The molecule has 216 valence electrons. The number of esters is 3. The Hall–Kier alpha value is -3.87. The van der Waals surface area contributed by atoms with Gasteiger partial charge in [-0.15, -0.1) is 0 Å². The Morgan fingerprint density at radius 3 is 1.08 bits per heavy atom. The SMILES string of the molecule is C=COCCCC(O)OC(=O)c1cc(C(=O)OC(O)CCCOC=C)cc(C(=O)OC(O)CCCOC=C)c1. The van der Waals surface area contributed by atoms with Crippen LogP contribution in [0.25, 0.3) is 0 Å². The van der Waals surface area contributed by atoms with Gasteiger partial charge in [0.05, 0.1) is 55.3 Å². The van der Waals surface area contributed by atoms with Gasteiger partial charge >= 0.3 is 17.9 Å². The van der Waals surface area contributed by atoms with Crippen LogP contribution in [0.5, 0.6) is 0 Å². The van der Waals surface area contributed by atoms with Crippen LogP contribution in [0.2, 0.25) is 0 Å². The minimum Gasteiger partial charge on any atom is -0.502 e. The predicted molar refractivity (Wildman–Crippen MR) is 137 cm³/mol. The van der Waals surface area contributed by atoms with E-state index in [1.165, 1.54) is 18.8 Å². The lowest BCUT2D eigenvalue weighted by atomic mass is 10.1. The molecule has 0 aliphatic heterocycles. The normalized spacial score (nSPS) is 12.7. The van der Waals surface area contributed by atoms with Crippen molar-refractivity contribution in [2.24, 2.45) is 0 Å². The lowest BCUT2D eigenvalue weighted by molar-refractivity contribution is -0.0711. The fraction of sp³-hybridized carbons (Fsp3) is 0.444. The fourth-order valence-corrected chi connectivity index (χ4v) is 3.01. The summed E-state index contributed by atoms with van der Waals surface area (Å²) in [7, 11) is 0. The summed E-state index contributed by atoms with van der Waals surface area (Å²) in [6, 6.07) is 3.22. The average Bonchev–Trinajstić information content (AvgIpc) is 2.91. The summed E-state index contributed by atoms with van der Waals surface area (Å²) in [6.07, 6.45) is 0.481. The largest absolute Gasteiger partial charge is 0.502 e. The first kappa shape index (κ1) is 33.2. The van der Waals surface area contributed by atoms with Crippen molar-refractivity contribution in [3.05, 3.63) is 73.4 Å². The van der Waals surface area contributed by atoms with Gasteiger partial charge < -0.3 is 43.7 Å². The molecule has 1 aromatic rings. The van der Waals surface area contributed by atoms with E-state index in [1.54, 1.807) is 0 Å². The van der Waals surface area contributed by atoms with E-state index >= 15 is 0 Å². The Balaban J connectivity index is 3.02. The zero-order chi connectivity index (χ0) is 29.0. The summed E-state index contributed by atoms with van der Waals surface area (Å²) in [5.74, 6) is -3.12. The van der Waals surface area contributed by atoms with E-state index in [9.17, 15) is 29.7 Å². The van der Waals surface area contributed by atoms with Gasteiger partial charge in [0, 0.05) is 19.3 Å². The van der Waals surface area contributed by atoms with E-state index in [0.717, 1.165) is 18.2 Å². The third-order valence-electron chi connectivity index (χ3n) is 4.86. The number of aliphatic hydroxyl groups excluding tert-OH is 3. The van der Waals surface area contributed by atoms with Gasteiger partial charge in [0.25, 0.3) is 0 Å². The van der Waals surface area contributed by atoms with Gasteiger partial charge in [0.2, 0.25) is 18.9 Å². The smallest absolute Gasteiger partial charge is 0.340 e. The maximum absolute atomic E-state index is 12.7. The second-order valence-electron chi connectivity index (χ2n) is 7.92. The van der Waals surface area contributed by atoms with Crippen LogP contribution in [-0.2, 0) is 28.4 Å². The van der Waals surface area contributed by atoms with Crippen LogP contribution in [0.3, 0.4) is 0 Å². The molecule has 3 N–H and O–H groups in total. The molecule has 39 heavy (non-hydrogen) atoms. The van der Waals surface area contributed by atoms with E-state index in [1.807, 2.05) is 0 Å². The molecule has 3 atom stereocenters. The van der Waals surface area contributed by atoms with Gasteiger partial charge in [0.15, 0.2) is 0 Å². The highest BCUT2D eigenvalue weighted by atomic mass is 16.6. The molecule has 12 heteroatoms. The number of benzene rings is 1. The van der Waals surface area contributed by atoms with Crippen molar-refractivity contribution < 1.29 is 58.1 Å². The standard InChI is InChI=1S/C27H36O12/c1-4-34-13-7-10-22(28)37-25(31)19-16-20(26(32)38-23(29)11-8-14-35-5-2)18-21(17-19)27(33)39-24(30)12-9-15-36-6-3/h4-6,16-18,22-24,28-30H,1-3,7-15H2. The van der Waals surface area contributed by atoms with Crippen LogP contribution in [0.4, 0.5) is 0 Å². The van der Waals surface area contributed by atoms with Crippen molar-refractivity contribution in [3.63, 3.8) is 0 Å². The van der Waals surface area contributed by atoms with E-state index in [0.29, 0.717) is 19.3 Å². The Morgan fingerprint density at radius 2 is 0.846 bits per heavy atom. The highest BCUT2D eigenvalue weighted by Gasteiger charge is 2.23. The summed E-state index contributed by atoms with van der Waals surface area (Å²) in [5.41, 5.74) is -0.832. The van der Waals surface area contributed by atoms with Crippen molar-refractivity contribution in [1.29, 1.82) is 0 Å². The first-order valence-electron chi connectivity index (χ1n) is 12.2. The second-order valence-corrected chi connectivity index (χ2v) is 7.92. The minimum atomic E-state index is -1.49. The van der Waals surface area contributed by atoms with Gasteiger partial charge in [-0.3, -0.25) is 0 Å². The van der Waals surface area contributed by atoms with Crippen molar-refractivity contribution in [2.45, 2.75) is 57.4 Å². The highest BCUT2D eigenvalue weighted by Crippen LogP contribution is 2.17. The molecule has 0 aromatic heterocycles. The quantitative estimate of drug-likeness (QED) is 0.0672. The molecule has 0 aliphatic rings. The summed E-state index contributed by atoms with van der Waals surface area (Å²) >= 11 is 0. The lowest BCUT2D eigenvalue weighted by Gasteiger charge is -2.16. The summed E-state index contributed by atoms with van der Waals surface area (Å²) < 4.78 is 29.8. The highest BCUT2D eigenvalue weighted by molar-refractivity contribution is 6.00. The van der Waals surface area contributed by atoms with E-state index in [2.05, 4.69) is 19.7 Å². The number of hydrogen-bond acceptors (Lipinski definition) is 12. The summed E-state index contributed by atoms with van der Waals surface area (Å²) in [5, 5.41) is 30.0. The Morgan fingerprint density at radius 1 is 0.590 bits per heavy atom. The third-order valence-corrected chi connectivity index (χ3v) is 4.86. The average molecular weight is 553 g/mol. The summed E-state index contributed by atoms with van der Waals surface area (Å²) in [4.78, 5) is 38.0. The molecular formula is C27H36O12. The maximum atomic E-state index is 12.7. The first-order chi connectivity index (χ1) is 18.7. The van der Waals surface area contributed by atoms with Gasteiger partial charge in [-0.05, 0) is 37.5 Å². The van der Waals surface area contributed by atoms with E-state index < -0.39 is 36.8 Å². The minimum absolute atomic E-state index is 0.0553. The Kier molecular flexibility index (Phi) is 16.4. The van der Waals surface area contributed by atoms with Crippen molar-refractivity contribution in [3.8, 4) is 0 Å². The molecule has 0 bridgehead atoms. The van der Waals surface area contributed by atoms with Crippen LogP contribution < -0.4 is 0 Å². The molecule has 1 rings (SSSR count). The van der Waals surface area contributed by atoms with E-state index in [-0.39, 0.29) is 55.8 Å². The monoisotopic (exact) mass is 552 g/mol. The van der Waals surface area contributed by atoms with Crippen LogP contribution in [0.15, 0.2) is 56.7 Å². The van der Waals surface area contributed by atoms with Crippen LogP contribution in [-0.4, -0.2) is 71.9 Å². The van der Waals surface area contributed by atoms with Gasteiger partial charge in [-0.25, -0.2) is 14.4 Å². The number of ether oxygens (including phenoxy) is 6. The molecular weight excluding hydrogens is 516 g/mol. The molecule has 0 saturated heterocycles. The maximum Gasteiger partial charge on any atom is 0.340 e. The Labute approximate surface area is 227 Å². The number of carbonyl (C=O) groups excluding carboxylic acids is 3. The van der Waals surface area contributed by atoms with Crippen LogP contribution >= 0.6 is 0 Å². The Bertz CT molecular complexity index is 813. The third kappa shape index (κ3) is 14.0. The fourth-order valence-electron chi connectivity index (χ4n) is 3.01. The van der Waals surface area contributed by atoms with E-state index in [4.69, 9.17) is 28.4 Å². The molecule has 12 nitrogen and oxygen atoms in total. The van der Waals surface area contributed by atoms with Crippen molar-refractivity contribution in [2.75, 3.05) is 19.8 Å². The number of carbonyl (C=O) groups is 3. The van der Waals surface area contributed by atoms with Gasteiger partial charge in [-0.1, -0.05) is 19.7 Å². The first-order valence-corrected chi connectivity index (χ1v) is 12.2. The molecule has 0 heterocycles. The van der Waals surface area contributed by atoms with Crippen LogP contribution in [0, 0.1) is 0 Å². The number of rotatable bonds is 21. The van der Waals surface area contributed by atoms with Crippen molar-refractivity contribution in [1.82, 2.24) is 0 Å². The van der Waals surface area contributed by atoms with Crippen molar-refractivity contribution >= 4 is 17.9 Å². The molecule has 0 radical (unpaired) electrons. The summed E-state index contributed by atoms with van der Waals surface area (Å²) in [6.45, 7) is 10.9. The lowest BCUT2D eigenvalue weighted by Crippen LogP contribution is -2.22. The molecule has 3 unspecified atom stereocenters. The number of hydrogen-bond donors (Lipinski definition) is 3. The predicted octanol–water partition coefficient (Wildman–Crippen LogP) is 2.93. The molecule has 0 spiro atoms. The molecule has 1 aromatic carbocycles. The van der Waals surface area contributed by atoms with Crippen LogP contribution in [0.1, 0.15) is 69.6 Å². The molecule has 0 aliphatic carbocycles. The van der Waals surface area contributed by atoms with Gasteiger partial charge in [0.1, 0.15) is 0 Å². The second kappa shape index (κ2) is 19.2. The zero-order valence-electron chi connectivity index (χ0n) is 21.7. The van der Waals surface area contributed by atoms with Gasteiger partial charge in [-0.2, -0.15) is 0 Å². The molecule has 0 saturated carbocycles. The topological polar surface area (TPSA) is 167 Å². The zero-order valence-corrected chi connectivity index (χ0v) is 21.7.